The number of hydrogen-bond donors (Lipinski definition) is 2. The van der Waals surface area contributed by atoms with Crippen molar-refractivity contribution in [3.63, 3.8) is 0 Å². The highest BCUT2D eigenvalue weighted by Crippen LogP contribution is 2.32. The van der Waals surface area contributed by atoms with Crippen LogP contribution in [0.2, 0.25) is 0 Å². The van der Waals surface area contributed by atoms with Crippen molar-refractivity contribution < 1.29 is 9.18 Å². The molecule has 8 nitrogen and oxygen atoms in total. The smallest absolute Gasteiger partial charge is 0.262 e. The zero-order chi connectivity index (χ0) is 23.5. The maximum atomic E-state index is 15.3. The van der Waals surface area contributed by atoms with Crippen molar-refractivity contribution in [3.05, 3.63) is 78.3 Å². The standard InChI is InChI=1S/C25H24FN7O/c1-16-4-2-5-17-9-11-29-23(22(16)17)33(19-6-3-10-27-13-19)24(34)20-8-7-18(12-21(20)26)32-25-30-14-28-15-31-25/h2,4-5,7-9,11-12,14-15,19,27H,3,6,10,13H2,1H3,(H,28,30,31,32)/t19-/m1/s1. The number of halogens is 1. The minimum Gasteiger partial charge on any atom is -0.324 e. The van der Waals surface area contributed by atoms with Gasteiger partial charge in [0, 0.05) is 23.8 Å². The molecule has 1 aliphatic heterocycles. The molecule has 1 atom stereocenters. The number of amides is 1. The number of anilines is 3. The number of fused-ring (bicyclic) bond motifs is 1. The van der Waals surface area contributed by atoms with Gasteiger partial charge in [0.05, 0.1) is 11.6 Å². The Morgan fingerprint density at radius 3 is 2.76 bits per heavy atom. The number of aryl methyl sites for hydroxylation is 1. The van der Waals surface area contributed by atoms with Crippen molar-refractivity contribution in [3.8, 4) is 0 Å². The quantitative estimate of drug-likeness (QED) is 0.467. The van der Waals surface area contributed by atoms with E-state index in [9.17, 15) is 4.79 Å². The lowest BCUT2D eigenvalue weighted by molar-refractivity contribution is 0.0968. The van der Waals surface area contributed by atoms with Gasteiger partial charge in [-0.3, -0.25) is 9.69 Å². The molecular weight excluding hydrogens is 433 g/mol. The second kappa shape index (κ2) is 9.48. The molecule has 0 saturated carbocycles. The number of nitrogens with zero attached hydrogens (tertiary/aromatic N) is 5. The first-order chi connectivity index (χ1) is 16.6. The summed E-state index contributed by atoms with van der Waals surface area (Å²) in [4.78, 5) is 31.9. The maximum Gasteiger partial charge on any atom is 0.262 e. The Balaban J connectivity index is 1.55. The molecule has 2 N–H and O–H groups in total. The van der Waals surface area contributed by atoms with Crippen LogP contribution in [-0.2, 0) is 0 Å². The molecule has 34 heavy (non-hydrogen) atoms. The van der Waals surface area contributed by atoms with Gasteiger partial charge >= 0.3 is 0 Å². The fourth-order valence-electron chi connectivity index (χ4n) is 4.39. The molecule has 2 aromatic carbocycles. The Bertz CT molecular complexity index is 1320. The van der Waals surface area contributed by atoms with E-state index in [-0.39, 0.29) is 11.6 Å². The van der Waals surface area contributed by atoms with Gasteiger partial charge in [-0.15, -0.1) is 0 Å². The highest BCUT2D eigenvalue weighted by Gasteiger charge is 2.31. The molecule has 4 aromatic rings. The van der Waals surface area contributed by atoms with E-state index < -0.39 is 11.7 Å². The van der Waals surface area contributed by atoms with Gasteiger partial charge in [-0.25, -0.2) is 24.3 Å². The molecule has 9 heteroatoms. The molecule has 1 saturated heterocycles. The first-order valence-corrected chi connectivity index (χ1v) is 11.2. The first-order valence-electron chi connectivity index (χ1n) is 11.2. The predicted molar refractivity (Wildman–Crippen MR) is 129 cm³/mol. The second-order valence-electron chi connectivity index (χ2n) is 8.26. The number of hydrogen-bond acceptors (Lipinski definition) is 7. The minimum atomic E-state index is -0.630. The van der Waals surface area contributed by atoms with Gasteiger partial charge in [0.1, 0.15) is 24.3 Å². The van der Waals surface area contributed by atoms with Gasteiger partial charge < -0.3 is 10.6 Å². The zero-order valence-electron chi connectivity index (χ0n) is 18.7. The summed E-state index contributed by atoms with van der Waals surface area (Å²) in [5.74, 6) is -0.198. The number of benzene rings is 2. The Hall–Kier alpha value is -3.98. The molecule has 1 fully saturated rings. The number of rotatable bonds is 5. The highest BCUT2D eigenvalue weighted by molar-refractivity contribution is 6.11. The topological polar surface area (TPSA) is 95.9 Å². The van der Waals surface area contributed by atoms with Crippen LogP contribution in [0.5, 0.6) is 0 Å². The summed E-state index contributed by atoms with van der Waals surface area (Å²) in [5.41, 5.74) is 1.43. The molecule has 172 valence electrons. The summed E-state index contributed by atoms with van der Waals surface area (Å²) in [7, 11) is 0. The summed E-state index contributed by atoms with van der Waals surface area (Å²) < 4.78 is 15.3. The van der Waals surface area contributed by atoms with Gasteiger partial charge in [0.15, 0.2) is 0 Å². The Morgan fingerprint density at radius 1 is 1.15 bits per heavy atom. The minimum absolute atomic E-state index is 0.0147. The Labute approximate surface area is 196 Å². The predicted octanol–water partition coefficient (Wildman–Crippen LogP) is 4.01. The van der Waals surface area contributed by atoms with Crippen LogP contribution < -0.4 is 15.5 Å². The van der Waals surface area contributed by atoms with Crippen molar-refractivity contribution in [2.45, 2.75) is 25.8 Å². The van der Waals surface area contributed by atoms with Crippen molar-refractivity contribution >= 4 is 34.1 Å². The summed E-state index contributed by atoms with van der Waals surface area (Å²) in [5, 5.41) is 8.17. The fourth-order valence-corrected chi connectivity index (χ4v) is 4.39. The van der Waals surface area contributed by atoms with Gasteiger partial charge in [-0.05, 0) is 61.5 Å². The van der Waals surface area contributed by atoms with Gasteiger partial charge in [-0.2, -0.15) is 0 Å². The van der Waals surface area contributed by atoms with Crippen molar-refractivity contribution in [2.24, 2.45) is 0 Å². The zero-order valence-corrected chi connectivity index (χ0v) is 18.7. The van der Waals surface area contributed by atoms with Crippen LogP contribution in [0.3, 0.4) is 0 Å². The van der Waals surface area contributed by atoms with Crippen LogP contribution in [0.25, 0.3) is 10.8 Å². The van der Waals surface area contributed by atoms with E-state index in [1.165, 1.54) is 24.8 Å². The van der Waals surface area contributed by atoms with E-state index in [4.69, 9.17) is 0 Å². The second-order valence-corrected chi connectivity index (χ2v) is 8.26. The van der Waals surface area contributed by atoms with E-state index in [0.717, 1.165) is 35.7 Å². The highest BCUT2D eigenvalue weighted by atomic mass is 19.1. The Kier molecular flexibility index (Phi) is 6.09. The lowest BCUT2D eigenvalue weighted by Crippen LogP contribution is -2.49. The first kappa shape index (κ1) is 21.8. The summed E-state index contributed by atoms with van der Waals surface area (Å²) in [6, 6.07) is 12.2. The average molecular weight is 458 g/mol. The molecule has 0 unspecified atom stereocenters. The third-order valence-electron chi connectivity index (χ3n) is 6.01. The molecule has 0 aliphatic carbocycles. The molecule has 0 spiro atoms. The number of carbonyl (C=O) groups is 1. The number of carbonyl (C=O) groups excluding carboxylic acids is 1. The van der Waals surface area contributed by atoms with Crippen LogP contribution in [0.1, 0.15) is 28.8 Å². The Morgan fingerprint density at radius 2 is 2.00 bits per heavy atom. The summed E-state index contributed by atoms with van der Waals surface area (Å²) >= 11 is 0. The molecule has 0 radical (unpaired) electrons. The lowest BCUT2D eigenvalue weighted by atomic mass is 10.0. The van der Waals surface area contributed by atoms with Crippen LogP contribution in [0, 0.1) is 12.7 Å². The average Bonchev–Trinajstić information content (AvgIpc) is 2.86. The molecule has 0 bridgehead atoms. The molecule has 1 aliphatic rings. The van der Waals surface area contributed by atoms with Crippen LogP contribution >= 0.6 is 0 Å². The van der Waals surface area contributed by atoms with Gasteiger partial charge in [0.25, 0.3) is 5.91 Å². The van der Waals surface area contributed by atoms with Crippen molar-refractivity contribution in [1.29, 1.82) is 0 Å². The maximum absolute atomic E-state index is 15.3. The molecule has 2 aromatic heterocycles. The van der Waals surface area contributed by atoms with Crippen LogP contribution in [0.4, 0.5) is 21.8 Å². The third-order valence-corrected chi connectivity index (χ3v) is 6.01. The van der Waals surface area contributed by atoms with Gasteiger partial charge in [0.2, 0.25) is 5.95 Å². The molecular formula is C25H24FN7O. The fraction of sp³-hybridized carbons (Fsp3) is 0.240. The number of nitrogens with one attached hydrogen (secondary N) is 2. The molecule has 3 heterocycles. The van der Waals surface area contributed by atoms with E-state index in [1.54, 1.807) is 17.2 Å². The number of pyridine rings is 1. The van der Waals surface area contributed by atoms with E-state index in [1.807, 2.05) is 31.2 Å². The number of piperidine rings is 1. The molecule has 1 amide bonds. The van der Waals surface area contributed by atoms with Crippen molar-refractivity contribution in [1.82, 2.24) is 25.3 Å². The third kappa shape index (κ3) is 4.29. The van der Waals surface area contributed by atoms with Crippen LogP contribution in [-0.4, -0.2) is 45.0 Å². The number of aromatic nitrogens is 4. The summed E-state index contributed by atoms with van der Waals surface area (Å²) in [6.07, 6.45) is 6.13. The van der Waals surface area contributed by atoms with E-state index >= 15 is 4.39 Å². The molecule has 5 rings (SSSR count). The SMILES string of the molecule is Cc1cccc2ccnc(N(C(=O)c3ccc(Nc4ncncn4)cc3F)[C@@H]3CCCNC3)c12. The monoisotopic (exact) mass is 457 g/mol. The largest absolute Gasteiger partial charge is 0.324 e. The van der Waals surface area contributed by atoms with E-state index in [2.05, 4.69) is 30.6 Å². The normalized spacial score (nSPS) is 15.8. The van der Waals surface area contributed by atoms with E-state index in [0.29, 0.717) is 24.0 Å². The van der Waals surface area contributed by atoms with Crippen molar-refractivity contribution in [2.75, 3.05) is 23.3 Å². The summed E-state index contributed by atoms with van der Waals surface area (Å²) in [6.45, 7) is 3.51. The van der Waals surface area contributed by atoms with Crippen LogP contribution in [0.15, 0.2) is 61.3 Å². The lowest BCUT2D eigenvalue weighted by Gasteiger charge is -2.35. The van der Waals surface area contributed by atoms with Gasteiger partial charge in [-0.1, -0.05) is 18.2 Å².